The van der Waals surface area contributed by atoms with Gasteiger partial charge in [0.15, 0.2) is 0 Å². The largest absolute Gasteiger partial charge is 0.465 e. The fourth-order valence-corrected chi connectivity index (χ4v) is 2.55. The third kappa shape index (κ3) is 3.35. The van der Waals surface area contributed by atoms with Crippen LogP contribution in [-0.4, -0.2) is 36.2 Å². The Morgan fingerprint density at radius 2 is 2.00 bits per heavy atom. The van der Waals surface area contributed by atoms with E-state index in [4.69, 9.17) is 16.2 Å². The van der Waals surface area contributed by atoms with Gasteiger partial charge in [-0.1, -0.05) is 0 Å². The second-order valence-corrected chi connectivity index (χ2v) is 5.28. The zero-order valence-electron chi connectivity index (χ0n) is 10.9. The van der Waals surface area contributed by atoms with Crippen molar-refractivity contribution in [2.24, 2.45) is 11.5 Å². The third-order valence-electron chi connectivity index (χ3n) is 3.85. The molecule has 106 valence electrons. The average molecular weight is 278 g/mol. The van der Waals surface area contributed by atoms with Crippen molar-refractivity contribution in [1.82, 2.24) is 5.32 Å². The summed E-state index contributed by atoms with van der Waals surface area (Å²) in [5, 5.41) is 3.43. The zero-order valence-corrected chi connectivity index (χ0v) is 11.7. The number of halogens is 1. The van der Waals surface area contributed by atoms with Gasteiger partial charge in [-0.25, -0.2) is 0 Å². The van der Waals surface area contributed by atoms with Crippen LogP contribution in [0.15, 0.2) is 0 Å². The summed E-state index contributed by atoms with van der Waals surface area (Å²) in [6, 6.07) is 0.446. The van der Waals surface area contributed by atoms with E-state index in [1.165, 1.54) is 0 Å². The maximum absolute atomic E-state index is 11.8. The minimum Gasteiger partial charge on any atom is -0.465 e. The highest BCUT2D eigenvalue weighted by atomic mass is 35.5. The predicted octanol–water partition coefficient (Wildman–Crippen LogP) is 0.301. The third-order valence-corrected chi connectivity index (χ3v) is 3.85. The molecule has 2 fully saturated rings. The zero-order chi connectivity index (χ0) is 12.5. The first kappa shape index (κ1) is 15.7. The van der Waals surface area contributed by atoms with E-state index in [0.29, 0.717) is 12.6 Å². The number of nitrogens with one attached hydrogen (secondary N) is 1. The lowest BCUT2D eigenvalue weighted by Crippen LogP contribution is -2.54. The smallest absolute Gasteiger partial charge is 0.326 e. The summed E-state index contributed by atoms with van der Waals surface area (Å²) >= 11 is 0. The van der Waals surface area contributed by atoms with Crippen LogP contribution >= 0.6 is 12.4 Å². The van der Waals surface area contributed by atoms with Crippen LogP contribution in [0.2, 0.25) is 0 Å². The molecule has 5 nitrogen and oxygen atoms in total. The van der Waals surface area contributed by atoms with E-state index in [2.05, 4.69) is 5.32 Å². The van der Waals surface area contributed by atoms with E-state index in [-0.39, 0.29) is 30.5 Å². The second-order valence-electron chi connectivity index (χ2n) is 5.28. The summed E-state index contributed by atoms with van der Waals surface area (Å²) < 4.78 is 5.10. The first-order valence-electron chi connectivity index (χ1n) is 6.53. The van der Waals surface area contributed by atoms with Crippen molar-refractivity contribution in [3.8, 4) is 0 Å². The van der Waals surface area contributed by atoms with E-state index < -0.39 is 5.54 Å². The molecule has 2 aliphatic carbocycles. The SMILES string of the molecule is CCOC(=O)C1(NC2CC[C@@H](N)[C@@H](N)C2)CC1.Cl. The van der Waals surface area contributed by atoms with E-state index >= 15 is 0 Å². The molecule has 0 spiro atoms. The number of esters is 1. The Kier molecular flexibility index (Phi) is 5.40. The van der Waals surface area contributed by atoms with Gasteiger partial charge >= 0.3 is 5.97 Å². The van der Waals surface area contributed by atoms with Gasteiger partial charge in [0.05, 0.1) is 6.61 Å². The van der Waals surface area contributed by atoms with E-state index in [0.717, 1.165) is 32.1 Å². The average Bonchev–Trinajstić information content (AvgIpc) is 3.05. The maximum Gasteiger partial charge on any atom is 0.326 e. The Labute approximate surface area is 114 Å². The summed E-state index contributed by atoms with van der Waals surface area (Å²) in [7, 11) is 0. The van der Waals surface area contributed by atoms with Crippen LogP contribution in [0.3, 0.4) is 0 Å². The Morgan fingerprint density at radius 1 is 1.33 bits per heavy atom. The molecule has 0 aliphatic heterocycles. The van der Waals surface area contributed by atoms with Crippen LogP contribution in [-0.2, 0) is 9.53 Å². The molecule has 0 aromatic rings. The molecule has 6 heteroatoms. The molecule has 3 atom stereocenters. The van der Waals surface area contributed by atoms with E-state index in [1.54, 1.807) is 0 Å². The first-order chi connectivity index (χ1) is 8.07. The number of hydrogen-bond donors (Lipinski definition) is 3. The van der Waals surface area contributed by atoms with Crippen LogP contribution in [0.25, 0.3) is 0 Å². The summed E-state index contributed by atoms with van der Waals surface area (Å²) in [5.41, 5.74) is 11.4. The number of carbonyl (C=O) groups excluding carboxylic acids is 1. The minimum absolute atomic E-state index is 0. The lowest BCUT2D eigenvalue weighted by Gasteiger charge is -2.34. The van der Waals surface area contributed by atoms with Gasteiger partial charge in [0.25, 0.3) is 0 Å². The molecular weight excluding hydrogens is 254 g/mol. The topological polar surface area (TPSA) is 90.4 Å². The number of carbonyl (C=O) groups is 1. The maximum atomic E-state index is 11.8. The molecule has 2 aliphatic rings. The Hall–Kier alpha value is -0.360. The molecule has 2 rings (SSSR count). The van der Waals surface area contributed by atoms with Crippen LogP contribution < -0.4 is 16.8 Å². The second kappa shape index (κ2) is 6.19. The lowest BCUT2D eigenvalue weighted by atomic mass is 9.87. The summed E-state index contributed by atoms with van der Waals surface area (Å²) in [6.45, 7) is 2.28. The van der Waals surface area contributed by atoms with Gasteiger partial charge in [-0.15, -0.1) is 12.4 Å². The summed E-state index contributed by atoms with van der Waals surface area (Å²) in [5.74, 6) is -0.108. The number of hydrogen-bond acceptors (Lipinski definition) is 5. The molecule has 5 N–H and O–H groups in total. The highest BCUT2D eigenvalue weighted by Crippen LogP contribution is 2.38. The molecule has 0 amide bonds. The number of nitrogens with two attached hydrogens (primary N) is 2. The highest BCUT2D eigenvalue weighted by Gasteiger charge is 2.52. The van der Waals surface area contributed by atoms with Gasteiger partial charge < -0.3 is 16.2 Å². The van der Waals surface area contributed by atoms with Crippen LogP contribution in [0, 0.1) is 0 Å². The first-order valence-corrected chi connectivity index (χ1v) is 6.53. The standard InChI is InChI=1S/C12H23N3O2.ClH/c1-2-17-11(16)12(5-6-12)15-8-3-4-9(13)10(14)7-8;/h8-10,15H,2-7,13-14H2,1H3;1H/t8?,9-,10+;/m1./s1. The molecule has 1 unspecified atom stereocenters. The minimum atomic E-state index is -0.415. The Bertz CT molecular complexity index is 297. The predicted molar refractivity (Wildman–Crippen MR) is 72.6 cm³/mol. The molecule has 0 heterocycles. The van der Waals surface area contributed by atoms with Crippen LogP contribution in [0.1, 0.15) is 39.0 Å². The molecule has 0 bridgehead atoms. The number of rotatable bonds is 4. The van der Waals surface area contributed by atoms with Crippen LogP contribution in [0.5, 0.6) is 0 Å². The van der Waals surface area contributed by atoms with Crippen LogP contribution in [0.4, 0.5) is 0 Å². The molecule has 0 aromatic heterocycles. The Morgan fingerprint density at radius 3 is 2.50 bits per heavy atom. The molecule has 0 aromatic carbocycles. The number of ether oxygens (including phenoxy) is 1. The van der Waals surface area contributed by atoms with Gasteiger partial charge in [-0.2, -0.15) is 0 Å². The van der Waals surface area contributed by atoms with Crippen molar-refractivity contribution in [2.45, 2.75) is 62.7 Å². The van der Waals surface area contributed by atoms with Crippen molar-refractivity contribution >= 4 is 18.4 Å². The molecule has 2 saturated carbocycles. The van der Waals surface area contributed by atoms with Gasteiger partial charge in [-0.3, -0.25) is 10.1 Å². The van der Waals surface area contributed by atoms with E-state index in [1.807, 2.05) is 6.92 Å². The lowest BCUT2D eigenvalue weighted by molar-refractivity contribution is -0.147. The fourth-order valence-electron chi connectivity index (χ4n) is 2.55. The molecular formula is C12H24ClN3O2. The van der Waals surface area contributed by atoms with Gasteiger partial charge in [-0.05, 0) is 39.0 Å². The van der Waals surface area contributed by atoms with Gasteiger partial charge in [0, 0.05) is 18.1 Å². The molecule has 0 radical (unpaired) electrons. The highest BCUT2D eigenvalue weighted by molar-refractivity contribution is 5.85. The van der Waals surface area contributed by atoms with Crippen molar-refractivity contribution in [3.05, 3.63) is 0 Å². The van der Waals surface area contributed by atoms with E-state index in [9.17, 15) is 4.79 Å². The normalized spacial score (nSPS) is 33.4. The van der Waals surface area contributed by atoms with Gasteiger partial charge in [0.1, 0.15) is 5.54 Å². The monoisotopic (exact) mass is 277 g/mol. The van der Waals surface area contributed by atoms with Crippen molar-refractivity contribution in [2.75, 3.05) is 6.61 Å². The summed E-state index contributed by atoms with van der Waals surface area (Å²) in [4.78, 5) is 11.8. The quantitative estimate of drug-likeness (QED) is 0.643. The summed E-state index contributed by atoms with van der Waals surface area (Å²) in [6.07, 6.45) is 4.53. The fraction of sp³-hybridized carbons (Fsp3) is 0.917. The molecule has 18 heavy (non-hydrogen) atoms. The Balaban J connectivity index is 0.00000162. The van der Waals surface area contributed by atoms with Crippen molar-refractivity contribution < 1.29 is 9.53 Å². The molecule has 0 saturated heterocycles. The van der Waals surface area contributed by atoms with Gasteiger partial charge in [0.2, 0.25) is 0 Å². The van der Waals surface area contributed by atoms with Crippen molar-refractivity contribution in [1.29, 1.82) is 0 Å². The van der Waals surface area contributed by atoms with Crippen molar-refractivity contribution in [3.63, 3.8) is 0 Å².